The SMILES string of the molecule is C=CC(=O)O.C=CC(=O)O.C=CC(=O)O.C=CC(O)(O)O. The smallest absolute Gasteiger partial charge is 0.327 e. The molecule has 0 bridgehead atoms. The first-order chi connectivity index (χ1) is 9.37. The minimum absolute atomic E-state index is 0.604. The molecular formula is C12H18O9. The summed E-state index contributed by atoms with van der Waals surface area (Å²) in [5.74, 6) is -5.64. The van der Waals surface area contributed by atoms with Crippen molar-refractivity contribution >= 4 is 17.9 Å². The lowest BCUT2D eigenvalue weighted by Gasteiger charge is -2.03. The maximum atomic E-state index is 9.25. The van der Waals surface area contributed by atoms with Gasteiger partial charge in [0.2, 0.25) is 0 Å². The van der Waals surface area contributed by atoms with Crippen LogP contribution < -0.4 is 0 Å². The van der Waals surface area contributed by atoms with E-state index in [1.165, 1.54) is 0 Å². The van der Waals surface area contributed by atoms with Gasteiger partial charge in [0.25, 0.3) is 5.97 Å². The van der Waals surface area contributed by atoms with E-state index in [0.717, 1.165) is 18.2 Å². The number of aliphatic hydroxyl groups is 3. The molecule has 9 heteroatoms. The molecule has 0 aromatic rings. The van der Waals surface area contributed by atoms with Gasteiger partial charge < -0.3 is 30.6 Å². The van der Waals surface area contributed by atoms with E-state index < -0.39 is 23.9 Å². The molecule has 0 saturated carbocycles. The molecule has 0 saturated heterocycles. The first-order valence-corrected chi connectivity index (χ1v) is 4.74. The Bertz CT molecular complexity index is 321. The molecular weight excluding hydrogens is 288 g/mol. The zero-order valence-corrected chi connectivity index (χ0v) is 11.0. The summed E-state index contributed by atoms with van der Waals surface area (Å²) >= 11 is 0. The normalized spacial score (nSPS) is 7.76. The Kier molecular flexibility index (Phi) is 22.0. The molecule has 0 spiro atoms. The van der Waals surface area contributed by atoms with E-state index in [2.05, 4.69) is 26.3 Å². The van der Waals surface area contributed by atoms with E-state index in [0.29, 0.717) is 6.08 Å². The van der Waals surface area contributed by atoms with Crippen LogP contribution in [0.2, 0.25) is 0 Å². The molecule has 0 rings (SSSR count). The van der Waals surface area contributed by atoms with Gasteiger partial charge in [-0.3, -0.25) is 0 Å². The Labute approximate surface area is 120 Å². The Morgan fingerprint density at radius 1 is 0.667 bits per heavy atom. The second kappa shape index (κ2) is 17.2. The third kappa shape index (κ3) is 103. The molecule has 0 aromatic carbocycles. The van der Waals surface area contributed by atoms with Gasteiger partial charge in [0.05, 0.1) is 0 Å². The number of aliphatic carboxylic acids is 3. The molecule has 120 valence electrons. The van der Waals surface area contributed by atoms with Crippen LogP contribution in [-0.2, 0) is 14.4 Å². The van der Waals surface area contributed by atoms with Crippen LogP contribution in [0.5, 0.6) is 0 Å². The summed E-state index contributed by atoms with van der Waals surface area (Å²) in [6.07, 6.45) is 3.10. The van der Waals surface area contributed by atoms with Crippen molar-refractivity contribution in [3.63, 3.8) is 0 Å². The highest BCUT2D eigenvalue weighted by Crippen LogP contribution is 1.88. The second-order valence-corrected chi connectivity index (χ2v) is 2.52. The molecule has 0 atom stereocenters. The summed E-state index contributed by atoms with van der Waals surface area (Å²) in [5.41, 5.74) is 0. The topological polar surface area (TPSA) is 173 Å². The highest BCUT2D eigenvalue weighted by atomic mass is 16.7. The molecule has 0 aromatic heterocycles. The van der Waals surface area contributed by atoms with Crippen LogP contribution in [0.3, 0.4) is 0 Å². The average Bonchev–Trinajstić information content (AvgIpc) is 2.39. The molecule has 6 N–H and O–H groups in total. The van der Waals surface area contributed by atoms with Crippen LogP contribution in [-0.4, -0.2) is 54.5 Å². The highest BCUT2D eigenvalue weighted by Gasteiger charge is 2.08. The molecule has 9 nitrogen and oxygen atoms in total. The zero-order valence-electron chi connectivity index (χ0n) is 11.0. The van der Waals surface area contributed by atoms with Crippen LogP contribution in [0, 0.1) is 0 Å². The monoisotopic (exact) mass is 306 g/mol. The molecule has 0 unspecified atom stereocenters. The molecule has 0 heterocycles. The average molecular weight is 306 g/mol. The highest BCUT2D eigenvalue weighted by molar-refractivity contribution is 5.79. The van der Waals surface area contributed by atoms with Gasteiger partial charge in [0.1, 0.15) is 0 Å². The van der Waals surface area contributed by atoms with Crippen molar-refractivity contribution in [2.24, 2.45) is 0 Å². The van der Waals surface area contributed by atoms with Gasteiger partial charge >= 0.3 is 17.9 Å². The van der Waals surface area contributed by atoms with E-state index >= 15 is 0 Å². The first kappa shape index (κ1) is 26.7. The maximum absolute atomic E-state index is 9.25. The van der Waals surface area contributed by atoms with Crippen LogP contribution >= 0.6 is 0 Å². The van der Waals surface area contributed by atoms with Crippen molar-refractivity contribution in [1.82, 2.24) is 0 Å². The van der Waals surface area contributed by atoms with Crippen molar-refractivity contribution in [3.8, 4) is 0 Å². The lowest BCUT2D eigenvalue weighted by Crippen LogP contribution is -2.22. The number of carboxylic acids is 3. The Hall–Kier alpha value is -2.75. The molecule has 0 radical (unpaired) electrons. The van der Waals surface area contributed by atoms with Crippen molar-refractivity contribution in [2.75, 3.05) is 0 Å². The van der Waals surface area contributed by atoms with Gasteiger partial charge in [-0.2, -0.15) is 0 Å². The molecule has 0 aliphatic rings. The van der Waals surface area contributed by atoms with E-state index in [9.17, 15) is 14.4 Å². The van der Waals surface area contributed by atoms with Crippen molar-refractivity contribution in [2.45, 2.75) is 5.97 Å². The third-order valence-corrected chi connectivity index (χ3v) is 0.798. The minimum Gasteiger partial charge on any atom is -0.478 e. The van der Waals surface area contributed by atoms with E-state index in [1.54, 1.807) is 0 Å². The van der Waals surface area contributed by atoms with Crippen LogP contribution in [0.25, 0.3) is 0 Å². The van der Waals surface area contributed by atoms with Gasteiger partial charge in [-0.25, -0.2) is 14.4 Å². The lowest BCUT2D eigenvalue weighted by atomic mass is 10.6. The summed E-state index contributed by atoms with van der Waals surface area (Å²) in [7, 11) is 0. The summed E-state index contributed by atoms with van der Waals surface area (Å²) in [6, 6.07) is 0. The van der Waals surface area contributed by atoms with E-state index in [-0.39, 0.29) is 0 Å². The number of carbonyl (C=O) groups is 3. The van der Waals surface area contributed by atoms with Crippen molar-refractivity contribution in [3.05, 3.63) is 50.6 Å². The van der Waals surface area contributed by atoms with Gasteiger partial charge in [-0.05, 0) is 6.08 Å². The Morgan fingerprint density at radius 2 is 0.762 bits per heavy atom. The first-order valence-electron chi connectivity index (χ1n) is 4.74. The molecule has 0 amide bonds. The van der Waals surface area contributed by atoms with E-state index in [4.69, 9.17) is 30.6 Å². The standard InChI is InChI=1S/C3H6O3.3C3H4O2/c1-2-3(4,5)6;3*1-2-3(4)5/h2,4-6H,1H2;3*2H,1H2,(H,4,5). The van der Waals surface area contributed by atoms with Crippen LogP contribution in [0.4, 0.5) is 0 Å². The third-order valence-electron chi connectivity index (χ3n) is 0.798. The quantitative estimate of drug-likeness (QED) is 0.229. The largest absolute Gasteiger partial charge is 0.478 e. The number of hydrogen-bond donors (Lipinski definition) is 6. The van der Waals surface area contributed by atoms with Gasteiger partial charge in [0.15, 0.2) is 0 Å². The number of carboxylic acid groups (broad SMARTS) is 3. The summed E-state index contributed by atoms with van der Waals surface area (Å²) in [6.45, 7) is 11.8. The van der Waals surface area contributed by atoms with Crippen LogP contribution in [0.1, 0.15) is 0 Å². The summed E-state index contributed by atoms with van der Waals surface area (Å²) in [5, 5.41) is 46.3. The van der Waals surface area contributed by atoms with Crippen LogP contribution in [0.15, 0.2) is 50.6 Å². The molecule has 0 aliphatic carbocycles. The predicted octanol–water partition coefficient (Wildman–Crippen LogP) is -0.426. The fourth-order valence-corrected chi connectivity index (χ4v) is 0. The Balaban J connectivity index is -0.0000000921. The minimum atomic E-state index is -2.69. The fourth-order valence-electron chi connectivity index (χ4n) is 0. The molecule has 0 aliphatic heterocycles. The maximum Gasteiger partial charge on any atom is 0.327 e. The Morgan fingerprint density at radius 3 is 0.762 bits per heavy atom. The molecule has 21 heavy (non-hydrogen) atoms. The second-order valence-electron chi connectivity index (χ2n) is 2.52. The summed E-state index contributed by atoms with van der Waals surface area (Å²) < 4.78 is 0. The number of rotatable bonds is 4. The molecule has 0 fully saturated rings. The van der Waals surface area contributed by atoms with Crippen molar-refractivity contribution < 1.29 is 45.0 Å². The van der Waals surface area contributed by atoms with Gasteiger partial charge in [0, 0.05) is 18.2 Å². The zero-order chi connectivity index (χ0) is 18.1. The number of hydrogen-bond acceptors (Lipinski definition) is 6. The lowest BCUT2D eigenvalue weighted by molar-refractivity contribution is -0.273. The predicted molar refractivity (Wildman–Crippen MR) is 73.1 cm³/mol. The van der Waals surface area contributed by atoms with E-state index in [1.807, 2.05) is 0 Å². The van der Waals surface area contributed by atoms with Gasteiger partial charge in [-0.1, -0.05) is 26.3 Å². The summed E-state index contributed by atoms with van der Waals surface area (Å²) in [4.78, 5) is 27.8. The van der Waals surface area contributed by atoms with Crippen molar-refractivity contribution in [1.29, 1.82) is 0 Å². The van der Waals surface area contributed by atoms with Gasteiger partial charge in [-0.15, -0.1) is 0 Å². The fraction of sp³-hybridized carbons (Fsp3) is 0.0833.